The zero-order valence-electron chi connectivity index (χ0n) is 15.7. The van der Waals surface area contributed by atoms with Gasteiger partial charge in [-0.15, -0.1) is 0 Å². The average molecular weight is 388 g/mol. The highest BCUT2D eigenvalue weighted by molar-refractivity contribution is 7.92. The summed E-state index contributed by atoms with van der Waals surface area (Å²) >= 11 is 0. The van der Waals surface area contributed by atoms with Crippen molar-refractivity contribution in [2.24, 2.45) is 0 Å². The maximum atomic E-state index is 13.0. The second-order valence-electron chi connectivity index (χ2n) is 6.86. The molecule has 0 bridgehead atoms. The van der Waals surface area contributed by atoms with Crippen molar-refractivity contribution in [2.45, 2.75) is 18.7 Å². The molecular formula is C23H20N2O2S. The monoisotopic (exact) mass is 388 g/mol. The first-order valence-electron chi connectivity index (χ1n) is 8.99. The van der Waals surface area contributed by atoms with Gasteiger partial charge < -0.3 is 0 Å². The number of sulfonamides is 1. The number of benzene rings is 3. The molecule has 4 nitrogen and oxygen atoms in total. The number of para-hydroxylation sites is 2. The van der Waals surface area contributed by atoms with E-state index in [4.69, 9.17) is 4.98 Å². The van der Waals surface area contributed by atoms with Crippen LogP contribution < -0.4 is 4.72 Å². The molecule has 1 N–H and O–H groups in total. The van der Waals surface area contributed by atoms with Crippen molar-refractivity contribution >= 4 is 26.6 Å². The lowest BCUT2D eigenvalue weighted by Crippen LogP contribution is -2.14. The molecule has 0 saturated carbocycles. The van der Waals surface area contributed by atoms with E-state index in [1.165, 1.54) is 0 Å². The van der Waals surface area contributed by atoms with E-state index in [9.17, 15) is 8.42 Å². The van der Waals surface area contributed by atoms with Crippen molar-refractivity contribution < 1.29 is 8.42 Å². The first-order valence-corrected chi connectivity index (χ1v) is 10.5. The number of pyridine rings is 1. The topological polar surface area (TPSA) is 59.1 Å². The van der Waals surface area contributed by atoms with Gasteiger partial charge in [-0.3, -0.25) is 4.72 Å². The number of rotatable bonds is 4. The van der Waals surface area contributed by atoms with E-state index in [1.807, 2.05) is 74.5 Å². The zero-order valence-corrected chi connectivity index (χ0v) is 16.5. The van der Waals surface area contributed by atoms with Gasteiger partial charge in [-0.2, -0.15) is 0 Å². The lowest BCUT2D eigenvalue weighted by Gasteiger charge is -2.13. The Labute approximate surface area is 164 Å². The predicted octanol–water partition coefficient (Wildman–Crippen LogP) is 5.32. The van der Waals surface area contributed by atoms with Crippen LogP contribution in [0, 0.1) is 13.8 Å². The van der Waals surface area contributed by atoms with Crippen LogP contribution in [0.2, 0.25) is 0 Å². The van der Waals surface area contributed by atoms with Gasteiger partial charge in [-0.1, -0.05) is 48.5 Å². The molecule has 0 aliphatic carbocycles. The van der Waals surface area contributed by atoms with E-state index >= 15 is 0 Å². The van der Waals surface area contributed by atoms with Gasteiger partial charge >= 0.3 is 0 Å². The third kappa shape index (κ3) is 3.62. The molecule has 4 rings (SSSR count). The van der Waals surface area contributed by atoms with Gasteiger partial charge in [0.15, 0.2) is 0 Å². The Balaban J connectivity index is 1.77. The lowest BCUT2D eigenvalue weighted by atomic mass is 10.1. The largest absolute Gasteiger partial charge is 0.279 e. The number of anilines is 1. The molecule has 0 atom stereocenters. The van der Waals surface area contributed by atoms with Crippen LogP contribution in [0.25, 0.3) is 22.2 Å². The van der Waals surface area contributed by atoms with Crippen LogP contribution in [-0.2, 0) is 10.0 Å². The Morgan fingerprint density at radius 3 is 2.25 bits per heavy atom. The average Bonchev–Trinajstić information content (AvgIpc) is 2.67. The summed E-state index contributed by atoms with van der Waals surface area (Å²) in [6.45, 7) is 3.78. The van der Waals surface area contributed by atoms with Crippen molar-refractivity contribution in [1.82, 2.24) is 4.98 Å². The molecule has 0 amide bonds. The smallest absolute Gasteiger partial charge is 0.261 e. The maximum Gasteiger partial charge on any atom is 0.261 e. The van der Waals surface area contributed by atoms with Crippen molar-refractivity contribution in [2.75, 3.05) is 4.72 Å². The minimum Gasteiger partial charge on any atom is -0.279 e. The Morgan fingerprint density at radius 1 is 0.786 bits per heavy atom. The van der Waals surface area contributed by atoms with E-state index in [1.54, 1.807) is 18.2 Å². The minimum absolute atomic E-state index is 0.256. The number of fused-ring (bicyclic) bond motifs is 1. The predicted molar refractivity (Wildman–Crippen MR) is 114 cm³/mol. The molecule has 28 heavy (non-hydrogen) atoms. The van der Waals surface area contributed by atoms with E-state index in [-0.39, 0.29) is 4.90 Å². The fourth-order valence-corrected chi connectivity index (χ4v) is 4.57. The molecule has 0 fully saturated rings. The molecule has 3 aromatic carbocycles. The van der Waals surface area contributed by atoms with Crippen molar-refractivity contribution in [3.05, 3.63) is 90.0 Å². The Hall–Kier alpha value is -3.18. The second-order valence-corrected chi connectivity index (χ2v) is 8.55. The van der Waals surface area contributed by atoms with Gasteiger partial charge in [0, 0.05) is 10.9 Å². The van der Waals surface area contributed by atoms with Crippen LogP contribution in [0.1, 0.15) is 11.1 Å². The van der Waals surface area contributed by atoms with Crippen LogP contribution in [0.5, 0.6) is 0 Å². The van der Waals surface area contributed by atoms with Gasteiger partial charge in [0.25, 0.3) is 10.0 Å². The molecule has 5 heteroatoms. The van der Waals surface area contributed by atoms with E-state index in [2.05, 4.69) is 4.72 Å². The highest BCUT2D eigenvalue weighted by Gasteiger charge is 2.17. The second kappa shape index (κ2) is 7.09. The summed E-state index contributed by atoms with van der Waals surface area (Å²) in [5.74, 6) is 0. The van der Waals surface area contributed by atoms with Crippen LogP contribution >= 0.6 is 0 Å². The van der Waals surface area contributed by atoms with E-state index < -0.39 is 10.0 Å². The lowest BCUT2D eigenvalue weighted by molar-refractivity contribution is 0.601. The molecule has 0 aliphatic heterocycles. The van der Waals surface area contributed by atoms with Gasteiger partial charge in [-0.05, 0) is 55.3 Å². The Kier molecular flexibility index (Phi) is 4.61. The standard InChI is InChI=1S/C23H20N2O2S/c1-16-13-17(2)15-19(14-16)28(26,27)25-23-10-6-4-8-20(23)22-12-11-18-7-3-5-9-21(18)24-22/h3-15,25H,1-2H3. The molecule has 0 spiro atoms. The molecule has 4 aromatic rings. The summed E-state index contributed by atoms with van der Waals surface area (Å²) in [6, 6.07) is 24.4. The number of nitrogens with zero attached hydrogens (tertiary/aromatic N) is 1. The highest BCUT2D eigenvalue weighted by atomic mass is 32.2. The first kappa shape index (κ1) is 18.2. The molecule has 0 aliphatic rings. The summed E-state index contributed by atoms with van der Waals surface area (Å²) in [4.78, 5) is 4.96. The van der Waals surface area contributed by atoms with Crippen molar-refractivity contribution in [3.8, 4) is 11.3 Å². The van der Waals surface area contributed by atoms with E-state index in [0.29, 0.717) is 5.69 Å². The summed E-state index contributed by atoms with van der Waals surface area (Å²) in [5.41, 5.74) is 4.64. The number of hydrogen-bond acceptors (Lipinski definition) is 3. The molecule has 1 aromatic heterocycles. The quantitative estimate of drug-likeness (QED) is 0.515. The van der Waals surface area contributed by atoms with Crippen LogP contribution in [0.4, 0.5) is 5.69 Å². The van der Waals surface area contributed by atoms with Crippen LogP contribution in [0.15, 0.2) is 83.8 Å². The van der Waals surface area contributed by atoms with Gasteiger partial charge in [0.2, 0.25) is 0 Å². The van der Waals surface area contributed by atoms with Crippen LogP contribution in [0.3, 0.4) is 0 Å². The maximum absolute atomic E-state index is 13.0. The molecule has 0 unspecified atom stereocenters. The summed E-state index contributed by atoms with van der Waals surface area (Å²) in [5, 5.41) is 1.04. The third-order valence-corrected chi connectivity index (χ3v) is 5.90. The number of aromatic nitrogens is 1. The number of aryl methyl sites for hydroxylation is 2. The van der Waals surface area contributed by atoms with E-state index in [0.717, 1.165) is 33.3 Å². The molecule has 0 saturated heterocycles. The highest BCUT2D eigenvalue weighted by Crippen LogP contribution is 2.30. The van der Waals surface area contributed by atoms with Crippen molar-refractivity contribution in [3.63, 3.8) is 0 Å². The van der Waals surface area contributed by atoms with Crippen LogP contribution in [-0.4, -0.2) is 13.4 Å². The molecule has 140 valence electrons. The summed E-state index contributed by atoms with van der Waals surface area (Å²) in [6.07, 6.45) is 0. The normalized spacial score (nSPS) is 11.5. The van der Waals surface area contributed by atoms with Gasteiger partial charge in [-0.25, -0.2) is 13.4 Å². The summed E-state index contributed by atoms with van der Waals surface area (Å²) in [7, 11) is -3.71. The Bertz CT molecular complexity index is 1260. The molecular weight excluding hydrogens is 368 g/mol. The van der Waals surface area contributed by atoms with Gasteiger partial charge in [0.05, 0.1) is 21.8 Å². The zero-order chi connectivity index (χ0) is 19.7. The third-order valence-electron chi connectivity index (χ3n) is 4.55. The van der Waals surface area contributed by atoms with Gasteiger partial charge in [0.1, 0.15) is 0 Å². The minimum atomic E-state index is -3.71. The summed E-state index contributed by atoms with van der Waals surface area (Å²) < 4.78 is 28.7. The van der Waals surface area contributed by atoms with Crippen molar-refractivity contribution in [1.29, 1.82) is 0 Å². The number of nitrogens with one attached hydrogen (secondary N) is 1. The SMILES string of the molecule is Cc1cc(C)cc(S(=O)(=O)Nc2ccccc2-c2ccc3ccccc3n2)c1. The molecule has 0 radical (unpaired) electrons. The molecule has 1 heterocycles. The number of hydrogen-bond donors (Lipinski definition) is 1. The fraction of sp³-hybridized carbons (Fsp3) is 0.0870. The first-order chi connectivity index (χ1) is 13.4. The Morgan fingerprint density at radius 2 is 1.46 bits per heavy atom. The fourth-order valence-electron chi connectivity index (χ4n) is 3.30.